The first-order valence-corrected chi connectivity index (χ1v) is 10.6. The molecule has 2 aromatic rings. The van der Waals surface area contributed by atoms with Crippen molar-refractivity contribution in [1.29, 1.82) is 0 Å². The number of piperidine rings is 1. The first-order valence-electron chi connectivity index (χ1n) is 10.6. The molecule has 9 heteroatoms. The van der Waals surface area contributed by atoms with Gasteiger partial charge in [0.25, 0.3) is 5.91 Å². The molecule has 1 saturated heterocycles. The molecule has 0 spiro atoms. The molecule has 0 radical (unpaired) electrons. The number of nitrogens with one attached hydrogen (secondary N) is 2. The number of carbonyl (C=O) groups is 2. The van der Waals surface area contributed by atoms with Crippen LogP contribution in [-0.2, 0) is 13.1 Å². The maximum absolute atomic E-state index is 13.0. The average Bonchev–Trinajstić information content (AvgIpc) is 3.44. The van der Waals surface area contributed by atoms with Gasteiger partial charge in [0, 0.05) is 31.7 Å². The van der Waals surface area contributed by atoms with Gasteiger partial charge in [-0.2, -0.15) is 0 Å². The lowest BCUT2D eigenvalue weighted by molar-refractivity contribution is 0.0946. The Labute approximate surface area is 174 Å². The summed E-state index contributed by atoms with van der Waals surface area (Å²) >= 11 is 0. The second kappa shape index (κ2) is 9.23. The van der Waals surface area contributed by atoms with E-state index in [1.165, 1.54) is 12.1 Å². The molecular weight excluding hydrogens is 387 g/mol. The number of nitrogens with zero attached hydrogens (tertiary/aromatic N) is 4. The topological polar surface area (TPSA) is 92.2 Å². The molecule has 0 bridgehead atoms. The molecule has 8 nitrogen and oxygen atoms in total. The van der Waals surface area contributed by atoms with Gasteiger partial charge in [0.15, 0.2) is 5.69 Å². The molecule has 1 aliphatic carbocycles. The number of hydrogen-bond donors (Lipinski definition) is 2. The third-order valence-electron chi connectivity index (χ3n) is 5.62. The Bertz CT molecular complexity index is 880. The molecule has 3 amide bonds. The van der Waals surface area contributed by atoms with E-state index in [1.54, 1.807) is 23.0 Å². The highest BCUT2D eigenvalue weighted by Crippen LogP contribution is 2.21. The van der Waals surface area contributed by atoms with E-state index in [4.69, 9.17) is 0 Å². The number of hydrogen-bond acceptors (Lipinski definition) is 4. The molecule has 1 saturated carbocycles. The van der Waals surface area contributed by atoms with E-state index < -0.39 is 0 Å². The summed E-state index contributed by atoms with van der Waals surface area (Å²) in [6, 6.07) is 6.42. The number of rotatable bonds is 7. The van der Waals surface area contributed by atoms with Crippen molar-refractivity contribution in [1.82, 2.24) is 30.5 Å². The zero-order valence-corrected chi connectivity index (χ0v) is 16.9. The van der Waals surface area contributed by atoms with Crippen molar-refractivity contribution in [2.75, 3.05) is 6.54 Å². The van der Waals surface area contributed by atoms with E-state index in [0.717, 1.165) is 44.1 Å². The van der Waals surface area contributed by atoms with Crippen molar-refractivity contribution in [3.63, 3.8) is 0 Å². The fourth-order valence-corrected chi connectivity index (χ4v) is 3.73. The third-order valence-corrected chi connectivity index (χ3v) is 5.62. The fraction of sp³-hybridized carbons (Fsp3) is 0.524. The number of likely N-dealkylation sites (tertiary alicyclic amines) is 1. The van der Waals surface area contributed by atoms with Gasteiger partial charge >= 0.3 is 6.03 Å². The van der Waals surface area contributed by atoms with E-state index in [-0.39, 0.29) is 29.8 Å². The number of aromatic nitrogens is 3. The molecule has 2 N–H and O–H groups in total. The van der Waals surface area contributed by atoms with Gasteiger partial charge in [0.2, 0.25) is 0 Å². The molecule has 4 rings (SSSR count). The smallest absolute Gasteiger partial charge is 0.317 e. The second-order valence-electron chi connectivity index (χ2n) is 8.03. The van der Waals surface area contributed by atoms with Crippen LogP contribution in [-0.4, -0.2) is 50.5 Å². The van der Waals surface area contributed by atoms with Crippen molar-refractivity contribution < 1.29 is 14.0 Å². The SMILES string of the molecule is O=C(NC1CC1)c1cn(CCC2CCCCN2C(=O)NCc2ccc(F)cc2)nn1. The quantitative estimate of drug-likeness (QED) is 0.728. The molecule has 2 heterocycles. The number of amides is 3. The van der Waals surface area contributed by atoms with Crippen LogP contribution >= 0.6 is 0 Å². The number of benzene rings is 1. The van der Waals surface area contributed by atoms with Crippen molar-refractivity contribution in [3.05, 3.63) is 47.5 Å². The Kier molecular flexibility index (Phi) is 6.25. The zero-order chi connectivity index (χ0) is 20.9. The van der Waals surface area contributed by atoms with Crippen LogP contribution in [0.25, 0.3) is 0 Å². The van der Waals surface area contributed by atoms with Crippen LogP contribution in [0.5, 0.6) is 0 Å². The van der Waals surface area contributed by atoms with Gasteiger partial charge in [-0.05, 0) is 56.2 Å². The van der Waals surface area contributed by atoms with E-state index >= 15 is 0 Å². The molecule has 1 aromatic heterocycles. The normalized spacial score (nSPS) is 18.8. The highest BCUT2D eigenvalue weighted by Gasteiger charge is 2.27. The van der Waals surface area contributed by atoms with Crippen LogP contribution in [0.1, 0.15) is 54.6 Å². The minimum atomic E-state index is -0.289. The Morgan fingerprint density at radius 1 is 1.13 bits per heavy atom. The van der Waals surface area contributed by atoms with E-state index in [1.807, 2.05) is 4.90 Å². The first kappa shape index (κ1) is 20.3. The summed E-state index contributed by atoms with van der Waals surface area (Å²) < 4.78 is 14.7. The van der Waals surface area contributed by atoms with Gasteiger partial charge in [0.05, 0.1) is 6.20 Å². The van der Waals surface area contributed by atoms with Crippen molar-refractivity contribution >= 4 is 11.9 Å². The van der Waals surface area contributed by atoms with Gasteiger partial charge in [-0.3, -0.25) is 9.48 Å². The highest BCUT2D eigenvalue weighted by atomic mass is 19.1. The van der Waals surface area contributed by atoms with Crippen LogP contribution < -0.4 is 10.6 Å². The number of aryl methyl sites for hydroxylation is 1. The summed E-state index contributed by atoms with van der Waals surface area (Å²) in [5, 5.41) is 13.9. The van der Waals surface area contributed by atoms with E-state index in [9.17, 15) is 14.0 Å². The van der Waals surface area contributed by atoms with Crippen LogP contribution in [0.2, 0.25) is 0 Å². The molecule has 160 valence electrons. The molecule has 1 unspecified atom stereocenters. The fourth-order valence-electron chi connectivity index (χ4n) is 3.73. The Morgan fingerprint density at radius 2 is 1.93 bits per heavy atom. The molecule has 2 aliphatic rings. The Balaban J connectivity index is 1.28. The Morgan fingerprint density at radius 3 is 2.70 bits per heavy atom. The van der Waals surface area contributed by atoms with Gasteiger partial charge in [0.1, 0.15) is 5.82 Å². The molecule has 1 atom stereocenters. The number of carbonyl (C=O) groups excluding carboxylic acids is 2. The maximum Gasteiger partial charge on any atom is 0.317 e. The molecule has 30 heavy (non-hydrogen) atoms. The minimum Gasteiger partial charge on any atom is -0.348 e. The minimum absolute atomic E-state index is 0.105. The van der Waals surface area contributed by atoms with Crippen LogP contribution in [0.3, 0.4) is 0 Å². The Hall–Kier alpha value is -2.97. The predicted octanol–water partition coefficient (Wildman–Crippen LogP) is 2.46. The van der Waals surface area contributed by atoms with E-state index in [0.29, 0.717) is 25.3 Å². The lowest BCUT2D eigenvalue weighted by Crippen LogP contribution is -2.48. The summed E-state index contributed by atoms with van der Waals surface area (Å²) in [5.74, 6) is -0.467. The maximum atomic E-state index is 13.0. The standard InChI is InChI=1S/C21H27FN6O2/c22-16-6-4-15(5-7-16)13-23-21(30)28-11-2-1-3-18(28)10-12-27-14-19(25-26-27)20(29)24-17-8-9-17/h4-7,14,17-18H,1-3,8-13H2,(H,23,30)(H,24,29). The second-order valence-corrected chi connectivity index (χ2v) is 8.03. The zero-order valence-electron chi connectivity index (χ0n) is 16.9. The van der Waals surface area contributed by atoms with Crippen molar-refractivity contribution in [2.45, 2.75) is 63.7 Å². The lowest BCUT2D eigenvalue weighted by Gasteiger charge is -2.35. The molecule has 2 fully saturated rings. The summed E-state index contributed by atoms with van der Waals surface area (Å²) in [7, 11) is 0. The summed E-state index contributed by atoms with van der Waals surface area (Å²) in [6.45, 7) is 1.67. The average molecular weight is 414 g/mol. The predicted molar refractivity (Wildman–Crippen MR) is 108 cm³/mol. The van der Waals surface area contributed by atoms with Gasteiger partial charge in [-0.25, -0.2) is 9.18 Å². The largest absolute Gasteiger partial charge is 0.348 e. The third kappa shape index (κ3) is 5.34. The van der Waals surface area contributed by atoms with Crippen LogP contribution in [0, 0.1) is 5.82 Å². The molecule has 1 aliphatic heterocycles. The highest BCUT2D eigenvalue weighted by molar-refractivity contribution is 5.92. The van der Waals surface area contributed by atoms with Crippen LogP contribution in [0.4, 0.5) is 9.18 Å². The first-order chi connectivity index (χ1) is 14.6. The van der Waals surface area contributed by atoms with Crippen molar-refractivity contribution in [2.24, 2.45) is 0 Å². The molecular formula is C21H27FN6O2. The number of urea groups is 1. The van der Waals surface area contributed by atoms with Gasteiger partial charge < -0.3 is 15.5 Å². The molecule has 1 aromatic carbocycles. The lowest BCUT2D eigenvalue weighted by atomic mass is 10.00. The summed E-state index contributed by atoms with van der Waals surface area (Å²) in [4.78, 5) is 26.6. The summed E-state index contributed by atoms with van der Waals surface area (Å²) in [6.07, 6.45) is 7.47. The van der Waals surface area contributed by atoms with Gasteiger partial charge in [-0.15, -0.1) is 5.10 Å². The summed E-state index contributed by atoms with van der Waals surface area (Å²) in [5.41, 5.74) is 1.19. The van der Waals surface area contributed by atoms with E-state index in [2.05, 4.69) is 20.9 Å². The monoisotopic (exact) mass is 414 g/mol. The van der Waals surface area contributed by atoms with Gasteiger partial charge in [-0.1, -0.05) is 17.3 Å². The number of halogens is 1. The van der Waals surface area contributed by atoms with Crippen LogP contribution in [0.15, 0.2) is 30.5 Å². The van der Waals surface area contributed by atoms with Crippen molar-refractivity contribution in [3.8, 4) is 0 Å².